The van der Waals surface area contributed by atoms with E-state index in [2.05, 4.69) is 15.9 Å². The largest absolute Gasteiger partial charge is 0.398 e. The normalized spacial score (nSPS) is 10.4. The number of carbonyl (C=O) groups excluding carboxylic acids is 1. The Hall–Kier alpha value is -1.46. The van der Waals surface area contributed by atoms with Gasteiger partial charge in [0.25, 0.3) is 0 Å². The van der Waals surface area contributed by atoms with Crippen molar-refractivity contribution in [2.75, 3.05) is 5.73 Å². The standard InChI is InChI=1S/C14H13BrN2OS/c15-11-4-5-13(12(16)7-11)19-8-9-2-1-3-10(6-9)14(17)18/h1-7H,8,16H2,(H2,17,18). The van der Waals surface area contributed by atoms with Crippen LogP contribution < -0.4 is 11.5 Å². The topological polar surface area (TPSA) is 69.1 Å². The number of thioether (sulfide) groups is 1. The maximum Gasteiger partial charge on any atom is 0.248 e. The molecule has 19 heavy (non-hydrogen) atoms. The molecule has 0 unspecified atom stereocenters. The molecule has 2 rings (SSSR count). The van der Waals surface area contributed by atoms with E-state index in [0.717, 1.165) is 26.4 Å². The number of rotatable bonds is 4. The van der Waals surface area contributed by atoms with Gasteiger partial charge in [0, 0.05) is 26.4 Å². The molecule has 0 spiro atoms. The molecule has 0 aliphatic heterocycles. The van der Waals surface area contributed by atoms with E-state index in [1.165, 1.54) is 0 Å². The zero-order chi connectivity index (χ0) is 13.8. The molecule has 0 radical (unpaired) electrons. The Balaban J connectivity index is 2.10. The summed E-state index contributed by atoms with van der Waals surface area (Å²) in [5.74, 6) is 0.336. The van der Waals surface area contributed by atoms with Crippen LogP contribution in [0.15, 0.2) is 51.8 Å². The van der Waals surface area contributed by atoms with Gasteiger partial charge in [0.2, 0.25) is 5.91 Å². The first-order chi connectivity index (χ1) is 9.06. The Morgan fingerprint density at radius 2 is 2.00 bits per heavy atom. The van der Waals surface area contributed by atoms with Gasteiger partial charge >= 0.3 is 0 Å². The summed E-state index contributed by atoms with van der Waals surface area (Å²) in [4.78, 5) is 12.1. The molecule has 3 nitrogen and oxygen atoms in total. The third-order valence-corrected chi connectivity index (χ3v) is 4.23. The van der Waals surface area contributed by atoms with Crippen LogP contribution in [0.3, 0.4) is 0 Å². The van der Waals surface area contributed by atoms with E-state index in [4.69, 9.17) is 11.5 Å². The van der Waals surface area contributed by atoms with Crippen molar-refractivity contribution in [3.8, 4) is 0 Å². The molecule has 0 aromatic heterocycles. The third-order valence-electron chi connectivity index (χ3n) is 2.58. The van der Waals surface area contributed by atoms with E-state index in [9.17, 15) is 4.79 Å². The molecule has 0 bridgehead atoms. The van der Waals surface area contributed by atoms with Gasteiger partial charge in [-0.1, -0.05) is 28.1 Å². The number of hydrogen-bond acceptors (Lipinski definition) is 3. The van der Waals surface area contributed by atoms with Crippen molar-refractivity contribution in [3.63, 3.8) is 0 Å². The van der Waals surface area contributed by atoms with E-state index in [-0.39, 0.29) is 0 Å². The molecule has 0 heterocycles. The molecule has 0 fully saturated rings. The highest BCUT2D eigenvalue weighted by Crippen LogP contribution is 2.30. The molecule has 0 aliphatic rings. The van der Waals surface area contributed by atoms with Crippen LogP contribution in [0.4, 0.5) is 5.69 Å². The van der Waals surface area contributed by atoms with Gasteiger partial charge in [0.15, 0.2) is 0 Å². The van der Waals surface area contributed by atoms with Crippen molar-refractivity contribution >= 4 is 39.3 Å². The minimum Gasteiger partial charge on any atom is -0.398 e. The fourth-order valence-electron chi connectivity index (χ4n) is 1.63. The molecule has 0 saturated heterocycles. The highest BCUT2D eigenvalue weighted by molar-refractivity contribution is 9.10. The fourth-order valence-corrected chi connectivity index (χ4v) is 2.90. The van der Waals surface area contributed by atoms with Crippen molar-refractivity contribution in [1.29, 1.82) is 0 Å². The highest BCUT2D eigenvalue weighted by atomic mass is 79.9. The Kier molecular flexibility index (Phi) is 4.50. The molecule has 0 atom stereocenters. The monoisotopic (exact) mass is 336 g/mol. The highest BCUT2D eigenvalue weighted by Gasteiger charge is 2.04. The van der Waals surface area contributed by atoms with Crippen LogP contribution in [-0.4, -0.2) is 5.91 Å². The summed E-state index contributed by atoms with van der Waals surface area (Å²) in [6.45, 7) is 0. The predicted octanol–water partition coefficient (Wildman–Crippen LogP) is 3.42. The third kappa shape index (κ3) is 3.75. The number of primary amides is 1. The number of carbonyl (C=O) groups is 1. The molecule has 2 aromatic rings. The smallest absolute Gasteiger partial charge is 0.248 e. The zero-order valence-electron chi connectivity index (χ0n) is 10.1. The van der Waals surface area contributed by atoms with Gasteiger partial charge < -0.3 is 11.5 Å². The van der Waals surface area contributed by atoms with Crippen LogP contribution in [0, 0.1) is 0 Å². The molecule has 98 valence electrons. The summed E-state index contributed by atoms with van der Waals surface area (Å²) in [6, 6.07) is 13.1. The maximum atomic E-state index is 11.1. The lowest BCUT2D eigenvalue weighted by Gasteiger charge is -2.06. The average Bonchev–Trinajstić information content (AvgIpc) is 2.38. The van der Waals surface area contributed by atoms with Crippen molar-refractivity contribution in [1.82, 2.24) is 0 Å². The number of anilines is 1. The Morgan fingerprint density at radius 3 is 2.68 bits per heavy atom. The second-order valence-corrected chi connectivity index (χ2v) is 5.97. The summed E-state index contributed by atoms with van der Waals surface area (Å²) in [5, 5.41) is 0. The number of nitrogen functional groups attached to an aromatic ring is 1. The first-order valence-corrected chi connectivity index (χ1v) is 7.40. The van der Waals surface area contributed by atoms with Gasteiger partial charge in [0.1, 0.15) is 0 Å². The van der Waals surface area contributed by atoms with Gasteiger partial charge in [-0.15, -0.1) is 11.8 Å². The second kappa shape index (κ2) is 6.12. The summed E-state index contributed by atoms with van der Waals surface area (Å²) in [7, 11) is 0. The van der Waals surface area contributed by atoms with Crippen LogP contribution in [0.25, 0.3) is 0 Å². The van der Waals surface area contributed by atoms with Gasteiger partial charge in [-0.25, -0.2) is 0 Å². The minimum atomic E-state index is -0.407. The number of halogens is 1. The molecule has 4 N–H and O–H groups in total. The van der Waals surface area contributed by atoms with Crippen LogP contribution in [0.1, 0.15) is 15.9 Å². The first kappa shape index (κ1) is 14.0. The molecule has 1 amide bonds. The van der Waals surface area contributed by atoms with E-state index < -0.39 is 5.91 Å². The summed E-state index contributed by atoms with van der Waals surface area (Å²) >= 11 is 5.01. The fraction of sp³-hybridized carbons (Fsp3) is 0.0714. The SMILES string of the molecule is NC(=O)c1cccc(CSc2ccc(Br)cc2N)c1. The summed E-state index contributed by atoms with van der Waals surface area (Å²) < 4.78 is 0.963. The van der Waals surface area contributed by atoms with Crippen LogP contribution in [0.2, 0.25) is 0 Å². The zero-order valence-corrected chi connectivity index (χ0v) is 12.5. The van der Waals surface area contributed by atoms with Crippen molar-refractivity contribution in [2.45, 2.75) is 10.6 Å². The van der Waals surface area contributed by atoms with Gasteiger partial charge in [-0.2, -0.15) is 0 Å². The molecule has 5 heteroatoms. The lowest BCUT2D eigenvalue weighted by Crippen LogP contribution is -2.10. The average molecular weight is 337 g/mol. The van der Waals surface area contributed by atoms with Gasteiger partial charge in [-0.05, 0) is 35.9 Å². The lowest BCUT2D eigenvalue weighted by molar-refractivity contribution is 0.1000. The van der Waals surface area contributed by atoms with E-state index in [0.29, 0.717) is 5.56 Å². The number of nitrogens with two attached hydrogens (primary N) is 2. The van der Waals surface area contributed by atoms with Crippen LogP contribution in [-0.2, 0) is 5.75 Å². The van der Waals surface area contributed by atoms with E-state index in [1.807, 2.05) is 36.4 Å². The number of amides is 1. The maximum absolute atomic E-state index is 11.1. The summed E-state index contributed by atoms with van der Waals surface area (Å²) in [5.41, 5.74) is 13.5. The molecular formula is C14H13BrN2OS. The van der Waals surface area contributed by atoms with E-state index >= 15 is 0 Å². The first-order valence-electron chi connectivity index (χ1n) is 5.63. The van der Waals surface area contributed by atoms with E-state index in [1.54, 1.807) is 17.8 Å². The molecule has 0 aliphatic carbocycles. The predicted molar refractivity (Wildman–Crippen MR) is 83.1 cm³/mol. The van der Waals surface area contributed by atoms with Crippen molar-refractivity contribution < 1.29 is 4.79 Å². The quantitative estimate of drug-likeness (QED) is 0.663. The summed E-state index contributed by atoms with van der Waals surface area (Å²) in [6.07, 6.45) is 0. The van der Waals surface area contributed by atoms with Crippen LogP contribution in [0.5, 0.6) is 0 Å². The van der Waals surface area contributed by atoms with Gasteiger partial charge in [-0.3, -0.25) is 4.79 Å². The van der Waals surface area contributed by atoms with Crippen molar-refractivity contribution in [2.24, 2.45) is 5.73 Å². The minimum absolute atomic E-state index is 0.407. The molecular weight excluding hydrogens is 324 g/mol. The molecule has 2 aromatic carbocycles. The number of hydrogen-bond donors (Lipinski definition) is 2. The number of benzene rings is 2. The molecule has 0 saturated carbocycles. The Labute approximate surface area is 124 Å². The van der Waals surface area contributed by atoms with Gasteiger partial charge in [0.05, 0.1) is 0 Å². The van der Waals surface area contributed by atoms with Crippen molar-refractivity contribution in [3.05, 3.63) is 58.1 Å². The second-order valence-electron chi connectivity index (χ2n) is 4.04. The Bertz CT molecular complexity index is 616. The Morgan fingerprint density at radius 1 is 1.21 bits per heavy atom. The lowest BCUT2D eigenvalue weighted by atomic mass is 10.1. The van der Waals surface area contributed by atoms with Crippen LogP contribution >= 0.6 is 27.7 Å².